The van der Waals surface area contributed by atoms with Crippen LogP contribution in [0.5, 0.6) is 0 Å². The Bertz CT molecular complexity index is 189. The van der Waals surface area contributed by atoms with Crippen molar-refractivity contribution in [3.05, 3.63) is 0 Å². The molecule has 1 aliphatic rings. The van der Waals surface area contributed by atoms with Gasteiger partial charge in [0.05, 0.1) is 5.92 Å². The van der Waals surface area contributed by atoms with E-state index in [9.17, 15) is 4.79 Å². The van der Waals surface area contributed by atoms with Crippen molar-refractivity contribution in [2.75, 3.05) is 6.54 Å². The van der Waals surface area contributed by atoms with Crippen LogP contribution in [-0.4, -0.2) is 18.1 Å². The molecule has 2 atom stereocenters. The van der Waals surface area contributed by atoms with Gasteiger partial charge in [-0.1, -0.05) is 0 Å². The van der Waals surface area contributed by atoms with Gasteiger partial charge >= 0.3 is 5.97 Å². The number of carbonyl (C=O) groups is 1. The average molecular weight is 208 g/mol. The minimum atomic E-state index is -0.362. The van der Waals surface area contributed by atoms with Gasteiger partial charge in [-0.3, -0.25) is 4.79 Å². The zero-order valence-electron chi connectivity index (χ0n) is 8.37. The molecular weight excluding hydrogens is 190 g/mol. The Morgan fingerprint density at radius 3 is 2.38 bits per heavy atom. The van der Waals surface area contributed by atoms with Gasteiger partial charge in [-0.15, -0.1) is 12.4 Å². The summed E-state index contributed by atoms with van der Waals surface area (Å²) in [5.74, 6) is 0.368. The fraction of sp³-hybridized carbons (Fsp3) is 0.889. The summed E-state index contributed by atoms with van der Waals surface area (Å²) >= 11 is 0. The molecule has 0 aromatic carbocycles. The number of halogens is 1. The minimum absolute atomic E-state index is 0. The molecule has 0 heterocycles. The van der Waals surface area contributed by atoms with Gasteiger partial charge in [-0.05, 0) is 39.7 Å². The highest BCUT2D eigenvalue weighted by atomic mass is 35.5. The summed E-state index contributed by atoms with van der Waals surface area (Å²) in [7, 11) is 0. The van der Waals surface area contributed by atoms with Crippen molar-refractivity contribution in [2.45, 2.75) is 32.8 Å². The molecule has 0 aromatic heterocycles. The maximum absolute atomic E-state index is 11.3. The lowest BCUT2D eigenvalue weighted by atomic mass is 10.2. The van der Waals surface area contributed by atoms with Crippen LogP contribution < -0.4 is 5.73 Å². The van der Waals surface area contributed by atoms with Gasteiger partial charge in [0.2, 0.25) is 0 Å². The first kappa shape index (κ1) is 12.7. The van der Waals surface area contributed by atoms with Crippen molar-refractivity contribution in [3.8, 4) is 0 Å². The van der Waals surface area contributed by atoms with E-state index in [2.05, 4.69) is 0 Å². The Labute approximate surface area is 85.4 Å². The largest absolute Gasteiger partial charge is 0.460 e. The second kappa shape index (κ2) is 4.29. The van der Waals surface area contributed by atoms with Crippen molar-refractivity contribution in [2.24, 2.45) is 17.6 Å². The lowest BCUT2D eigenvalue weighted by molar-refractivity contribution is -0.156. The zero-order valence-corrected chi connectivity index (χ0v) is 9.19. The number of rotatable bonds is 2. The van der Waals surface area contributed by atoms with E-state index in [1.165, 1.54) is 0 Å². The summed E-state index contributed by atoms with van der Waals surface area (Å²) in [6.07, 6.45) is 0.908. The van der Waals surface area contributed by atoms with Crippen LogP contribution in [0.25, 0.3) is 0 Å². The minimum Gasteiger partial charge on any atom is -0.460 e. The molecule has 0 aliphatic heterocycles. The topological polar surface area (TPSA) is 52.3 Å². The second-order valence-corrected chi connectivity index (χ2v) is 4.37. The number of ether oxygens (including phenoxy) is 1. The SMILES string of the molecule is CC(C)(C)OC(=O)[C@@H]1C[C@H]1CN.Cl. The van der Waals surface area contributed by atoms with E-state index < -0.39 is 0 Å². The zero-order chi connectivity index (χ0) is 9.35. The second-order valence-electron chi connectivity index (χ2n) is 4.37. The monoisotopic (exact) mass is 207 g/mol. The molecule has 1 saturated carbocycles. The first-order chi connectivity index (χ1) is 5.44. The first-order valence-corrected chi connectivity index (χ1v) is 4.37. The number of hydrogen-bond donors (Lipinski definition) is 1. The van der Waals surface area contributed by atoms with Crippen molar-refractivity contribution in [1.29, 1.82) is 0 Å². The summed E-state index contributed by atoms with van der Waals surface area (Å²) in [6, 6.07) is 0. The van der Waals surface area contributed by atoms with Crippen LogP contribution in [0.1, 0.15) is 27.2 Å². The lowest BCUT2D eigenvalue weighted by Gasteiger charge is -2.19. The van der Waals surface area contributed by atoms with Crippen molar-refractivity contribution in [3.63, 3.8) is 0 Å². The highest BCUT2D eigenvalue weighted by Gasteiger charge is 2.44. The van der Waals surface area contributed by atoms with Crippen LogP contribution in [0, 0.1) is 11.8 Å². The Hall–Kier alpha value is -0.280. The fourth-order valence-electron chi connectivity index (χ4n) is 1.17. The molecule has 13 heavy (non-hydrogen) atoms. The van der Waals surface area contributed by atoms with Crippen LogP contribution >= 0.6 is 12.4 Å². The van der Waals surface area contributed by atoms with Crippen molar-refractivity contribution in [1.82, 2.24) is 0 Å². The van der Waals surface area contributed by atoms with Gasteiger partial charge in [0.25, 0.3) is 0 Å². The molecular formula is C9H18ClNO2. The van der Waals surface area contributed by atoms with Crippen molar-refractivity contribution >= 4 is 18.4 Å². The van der Waals surface area contributed by atoms with Gasteiger partial charge in [0.1, 0.15) is 5.60 Å². The van der Waals surface area contributed by atoms with Crippen LogP contribution in [0.2, 0.25) is 0 Å². The molecule has 0 saturated heterocycles. The quantitative estimate of drug-likeness (QED) is 0.696. The molecule has 2 N–H and O–H groups in total. The first-order valence-electron chi connectivity index (χ1n) is 4.37. The average Bonchev–Trinajstić information content (AvgIpc) is 2.60. The lowest BCUT2D eigenvalue weighted by Crippen LogP contribution is -2.25. The summed E-state index contributed by atoms with van der Waals surface area (Å²) in [4.78, 5) is 11.3. The van der Waals surface area contributed by atoms with Crippen LogP contribution in [0.15, 0.2) is 0 Å². The molecule has 0 aromatic rings. The number of carbonyl (C=O) groups excluding carboxylic acids is 1. The van der Waals surface area contributed by atoms with Gasteiger partial charge in [0, 0.05) is 0 Å². The van der Waals surface area contributed by atoms with Crippen LogP contribution in [-0.2, 0) is 9.53 Å². The summed E-state index contributed by atoms with van der Waals surface area (Å²) in [6.45, 7) is 6.24. The van der Waals surface area contributed by atoms with Gasteiger partial charge in [-0.2, -0.15) is 0 Å². The maximum Gasteiger partial charge on any atom is 0.309 e. The van der Waals surface area contributed by atoms with E-state index >= 15 is 0 Å². The molecule has 0 unspecified atom stereocenters. The fourth-order valence-corrected chi connectivity index (χ4v) is 1.17. The Balaban J connectivity index is 0.00000144. The highest BCUT2D eigenvalue weighted by molar-refractivity contribution is 5.85. The third-order valence-electron chi connectivity index (χ3n) is 1.93. The van der Waals surface area contributed by atoms with E-state index in [-0.39, 0.29) is 29.9 Å². The molecule has 3 nitrogen and oxygen atoms in total. The molecule has 78 valence electrons. The Morgan fingerprint density at radius 1 is 1.54 bits per heavy atom. The van der Waals surface area contributed by atoms with E-state index in [1.807, 2.05) is 20.8 Å². The van der Waals surface area contributed by atoms with E-state index in [1.54, 1.807) is 0 Å². The molecule has 1 aliphatic carbocycles. The molecule has 1 rings (SSSR count). The van der Waals surface area contributed by atoms with E-state index in [0.29, 0.717) is 12.5 Å². The van der Waals surface area contributed by atoms with E-state index in [0.717, 1.165) is 6.42 Å². The van der Waals surface area contributed by atoms with Gasteiger partial charge in [0.15, 0.2) is 0 Å². The molecule has 0 amide bonds. The van der Waals surface area contributed by atoms with Crippen LogP contribution in [0.4, 0.5) is 0 Å². The normalized spacial score (nSPS) is 26.2. The standard InChI is InChI=1S/C9H17NO2.ClH/c1-9(2,3)12-8(11)7-4-6(7)5-10;/h6-7H,4-5,10H2,1-3H3;1H/t6-,7+;/m0./s1. The third-order valence-corrected chi connectivity index (χ3v) is 1.93. The van der Waals surface area contributed by atoms with Crippen molar-refractivity contribution < 1.29 is 9.53 Å². The summed E-state index contributed by atoms with van der Waals surface area (Å²) < 4.78 is 5.20. The summed E-state index contributed by atoms with van der Waals surface area (Å²) in [5, 5.41) is 0. The van der Waals surface area contributed by atoms with Gasteiger partial charge < -0.3 is 10.5 Å². The Kier molecular flexibility index (Phi) is 4.20. The smallest absolute Gasteiger partial charge is 0.309 e. The molecule has 0 bridgehead atoms. The predicted molar refractivity (Wildman–Crippen MR) is 53.7 cm³/mol. The van der Waals surface area contributed by atoms with Crippen LogP contribution in [0.3, 0.4) is 0 Å². The maximum atomic E-state index is 11.3. The van der Waals surface area contributed by atoms with E-state index in [4.69, 9.17) is 10.5 Å². The summed E-state index contributed by atoms with van der Waals surface area (Å²) in [5.41, 5.74) is 5.06. The molecule has 1 fully saturated rings. The Morgan fingerprint density at radius 2 is 2.08 bits per heavy atom. The molecule has 4 heteroatoms. The molecule has 0 radical (unpaired) electrons. The number of nitrogens with two attached hydrogens (primary N) is 1. The number of hydrogen-bond acceptors (Lipinski definition) is 3. The highest BCUT2D eigenvalue weighted by Crippen LogP contribution is 2.39. The third kappa shape index (κ3) is 3.96. The molecule has 0 spiro atoms. The number of esters is 1. The predicted octanol–water partition coefficient (Wildman–Crippen LogP) is 1.34. The van der Waals surface area contributed by atoms with Gasteiger partial charge in [-0.25, -0.2) is 0 Å².